The molecule has 2 aliphatic heterocycles. The quantitative estimate of drug-likeness (QED) is 0.627. The van der Waals surface area contributed by atoms with Gasteiger partial charge in [-0.15, -0.1) is 11.6 Å². The lowest BCUT2D eigenvalue weighted by molar-refractivity contribution is -0.191. The largest absolute Gasteiger partial charge is 0.342 e. The molecule has 0 spiro atoms. The number of benzene rings is 1. The van der Waals surface area contributed by atoms with E-state index in [4.69, 9.17) is 21.1 Å². The van der Waals surface area contributed by atoms with Gasteiger partial charge in [0.15, 0.2) is 0 Å². The monoisotopic (exact) mass is 309 g/mol. The summed E-state index contributed by atoms with van der Waals surface area (Å²) in [6.07, 6.45) is 0.255. The van der Waals surface area contributed by atoms with Crippen molar-refractivity contribution >= 4 is 23.4 Å². The lowest BCUT2D eigenvalue weighted by Crippen LogP contribution is -2.44. The summed E-state index contributed by atoms with van der Waals surface area (Å²) in [7, 11) is 0. The van der Waals surface area contributed by atoms with Gasteiger partial charge in [0.25, 0.3) is 0 Å². The zero-order valence-electron chi connectivity index (χ0n) is 11.5. The highest BCUT2D eigenvalue weighted by molar-refractivity contribution is 6.18. The Hall–Kier alpha value is -1.43. The molecule has 2 atom stereocenters. The fourth-order valence-electron chi connectivity index (χ4n) is 2.67. The van der Waals surface area contributed by atoms with Crippen LogP contribution in [0.3, 0.4) is 0 Å². The number of hydrogen-bond donors (Lipinski definition) is 0. The van der Waals surface area contributed by atoms with Gasteiger partial charge in [-0.3, -0.25) is 14.5 Å². The van der Waals surface area contributed by atoms with E-state index in [0.29, 0.717) is 12.5 Å². The van der Waals surface area contributed by atoms with Crippen molar-refractivity contribution in [1.82, 2.24) is 4.90 Å². The van der Waals surface area contributed by atoms with Crippen LogP contribution in [0, 0.1) is 0 Å². The van der Waals surface area contributed by atoms with Gasteiger partial charge in [0.1, 0.15) is 0 Å². The average molecular weight is 310 g/mol. The minimum Gasteiger partial charge on any atom is -0.342 e. The van der Waals surface area contributed by atoms with Crippen molar-refractivity contribution in [2.45, 2.75) is 24.7 Å². The van der Waals surface area contributed by atoms with Gasteiger partial charge in [0, 0.05) is 18.4 Å². The maximum atomic E-state index is 11.9. The normalized spacial score (nSPS) is 29.4. The van der Waals surface area contributed by atoms with E-state index in [0.717, 1.165) is 5.56 Å². The fraction of sp³-hybridized carbons (Fsp3) is 0.467. The van der Waals surface area contributed by atoms with E-state index in [2.05, 4.69) is 0 Å². The maximum absolute atomic E-state index is 11.9. The third-order valence-electron chi connectivity index (χ3n) is 3.77. The summed E-state index contributed by atoms with van der Waals surface area (Å²) in [6, 6.07) is 9.34. The van der Waals surface area contributed by atoms with Crippen molar-refractivity contribution in [2.75, 3.05) is 19.0 Å². The highest BCUT2D eigenvalue weighted by Gasteiger charge is 2.47. The zero-order chi connectivity index (χ0) is 14.9. The summed E-state index contributed by atoms with van der Waals surface area (Å²) >= 11 is 5.84. The molecule has 21 heavy (non-hydrogen) atoms. The van der Waals surface area contributed by atoms with E-state index >= 15 is 0 Å². The van der Waals surface area contributed by atoms with Crippen LogP contribution < -0.4 is 0 Å². The lowest BCUT2D eigenvalue weighted by Gasteiger charge is -2.31. The number of nitrogens with zero attached hydrogens (tertiary/aromatic N) is 1. The Kier molecular flexibility index (Phi) is 3.97. The van der Waals surface area contributed by atoms with Gasteiger partial charge >= 0.3 is 0 Å². The Labute approximate surface area is 127 Å². The molecule has 0 aromatic heterocycles. The van der Waals surface area contributed by atoms with Crippen LogP contribution in [0.25, 0.3) is 0 Å². The molecule has 0 bridgehead atoms. The van der Waals surface area contributed by atoms with E-state index in [-0.39, 0.29) is 37.3 Å². The van der Waals surface area contributed by atoms with E-state index < -0.39 is 5.79 Å². The number of halogens is 1. The third-order valence-corrected chi connectivity index (χ3v) is 4.11. The molecule has 1 aromatic rings. The summed E-state index contributed by atoms with van der Waals surface area (Å²) in [6.45, 7) is 0.413. The average Bonchev–Trinajstić information content (AvgIpc) is 3.08. The second-order valence-electron chi connectivity index (χ2n) is 5.20. The minimum absolute atomic E-state index is 0.0715. The van der Waals surface area contributed by atoms with Gasteiger partial charge in [-0.05, 0) is 0 Å². The number of hydrogen-bond acceptors (Lipinski definition) is 4. The third kappa shape index (κ3) is 2.69. The molecule has 0 radical (unpaired) electrons. The van der Waals surface area contributed by atoms with Crippen LogP contribution in [0.15, 0.2) is 30.3 Å². The number of likely N-dealkylation sites (tertiary alicyclic amines) is 1. The van der Waals surface area contributed by atoms with Crippen LogP contribution in [0.1, 0.15) is 18.4 Å². The van der Waals surface area contributed by atoms with Crippen molar-refractivity contribution in [2.24, 2.45) is 0 Å². The van der Waals surface area contributed by atoms with Crippen LogP contribution in [-0.4, -0.2) is 41.8 Å². The Morgan fingerprint density at radius 1 is 1.19 bits per heavy atom. The van der Waals surface area contributed by atoms with Crippen LogP contribution >= 0.6 is 11.6 Å². The molecule has 112 valence electrons. The highest BCUT2D eigenvalue weighted by atomic mass is 35.5. The predicted octanol–water partition coefficient (Wildman–Crippen LogP) is 1.64. The number of imide groups is 1. The summed E-state index contributed by atoms with van der Waals surface area (Å²) in [4.78, 5) is 25.0. The molecule has 5 nitrogen and oxygen atoms in total. The predicted molar refractivity (Wildman–Crippen MR) is 75.6 cm³/mol. The van der Waals surface area contributed by atoms with E-state index in [1.165, 1.54) is 4.90 Å². The van der Waals surface area contributed by atoms with Crippen molar-refractivity contribution in [3.8, 4) is 0 Å². The Bertz CT molecular complexity index is 534. The Morgan fingerprint density at radius 3 is 2.43 bits per heavy atom. The molecule has 2 heterocycles. The number of rotatable bonds is 4. The molecule has 0 aliphatic carbocycles. The Balaban J connectivity index is 1.90. The van der Waals surface area contributed by atoms with E-state index in [9.17, 15) is 9.59 Å². The fourth-order valence-corrected chi connectivity index (χ4v) is 2.82. The molecule has 0 unspecified atom stereocenters. The molecule has 1 aromatic carbocycles. The van der Waals surface area contributed by atoms with Gasteiger partial charge in [0.05, 0.1) is 25.1 Å². The lowest BCUT2D eigenvalue weighted by atomic mass is 10.1. The van der Waals surface area contributed by atoms with Crippen LogP contribution in [0.4, 0.5) is 0 Å². The molecule has 2 aliphatic rings. The number of alkyl halides is 1. The van der Waals surface area contributed by atoms with Crippen molar-refractivity contribution in [3.05, 3.63) is 35.9 Å². The van der Waals surface area contributed by atoms with E-state index in [1.807, 2.05) is 30.3 Å². The summed E-state index contributed by atoms with van der Waals surface area (Å²) in [5.74, 6) is -1.18. The molecular weight excluding hydrogens is 294 g/mol. The molecule has 2 saturated heterocycles. The van der Waals surface area contributed by atoms with Crippen LogP contribution in [-0.2, 0) is 24.8 Å². The van der Waals surface area contributed by atoms with Gasteiger partial charge in [0.2, 0.25) is 17.6 Å². The second-order valence-corrected chi connectivity index (χ2v) is 5.51. The number of carbonyl (C=O) groups is 2. The van der Waals surface area contributed by atoms with Crippen molar-refractivity contribution in [1.29, 1.82) is 0 Å². The van der Waals surface area contributed by atoms with Gasteiger partial charge in [-0.1, -0.05) is 30.3 Å². The number of carbonyl (C=O) groups excluding carboxylic acids is 2. The summed E-state index contributed by atoms with van der Waals surface area (Å²) < 4.78 is 11.8. The second kappa shape index (κ2) is 5.75. The highest BCUT2D eigenvalue weighted by Crippen LogP contribution is 2.36. The van der Waals surface area contributed by atoms with Crippen molar-refractivity contribution in [3.63, 3.8) is 0 Å². The molecule has 3 rings (SSSR count). The zero-order valence-corrected chi connectivity index (χ0v) is 12.2. The first-order valence-electron chi connectivity index (χ1n) is 6.91. The standard InChI is InChI=1S/C15H16ClNO4/c16-8-12-9-20-15(21-12,11-4-2-1-3-5-11)10-17-13(18)6-7-14(17)19/h1-5,12H,6-10H2/t12-,15-/m1/s1. The minimum atomic E-state index is -1.11. The SMILES string of the molecule is O=C1CCC(=O)N1C[C@@]1(c2ccccc2)OC[C@@H](CCl)O1. The first kappa shape index (κ1) is 14.5. The van der Waals surface area contributed by atoms with E-state index in [1.54, 1.807) is 0 Å². The molecule has 0 N–H and O–H groups in total. The van der Waals surface area contributed by atoms with Gasteiger partial charge in [-0.25, -0.2) is 0 Å². The summed E-state index contributed by atoms with van der Waals surface area (Å²) in [5.41, 5.74) is 0.783. The molecule has 2 amide bonds. The Morgan fingerprint density at radius 2 is 1.86 bits per heavy atom. The first-order valence-corrected chi connectivity index (χ1v) is 7.44. The maximum Gasteiger partial charge on any atom is 0.229 e. The molecule has 6 heteroatoms. The van der Waals surface area contributed by atoms with Crippen LogP contribution in [0.2, 0.25) is 0 Å². The topological polar surface area (TPSA) is 55.8 Å². The van der Waals surface area contributed by atoms with Gasteiger partial charge in [-0.2, -0.15) is 0 Å². The number of ether oxygens (including phenoxy) is 2. The van der Waals surface area contributed by atoms with Crippen LogP contribution in [0.5, 0.6) is 0 Å². The molecule has 2 fully saturated rings. The number of amides is 2. The first-order chi connectivity index (χ1) is 10.1. The van der Waals surface area contributed by atoms with Crippen molar-refractivity contribution < 1.29 is 19.1 Å². The molecular formula is C15H16ClNO4. The molecule has 0 saturated carbocycles. The summed E-state index contributed by atoms with van der Waals surface area (Å²) in [5, 5.41) is 0. The smallest absolute Gasteiger partial charge is 0.229 e. The van der Waals surface area contributed by atoms with Gasteiger partial charge < -0.3 is 9.47 Å².